The number of aryl methyl sites for hydroxylation is 1. The van der Waals surface area contributed by atoms with Crippen LogP contribution < -0.4 is 10.5 Å². The summed E-state index contributed by atoms with van der Waals surface area (Å²) in [6.07, 6.45) is 9.16. The molecule has 2 N–H and O–H groups in total. The lowest BCUT2D eigenvalue weighted by molar-refractivity contribution is 0.417. The Balaban J connectivity index is 2.09. The van der Waals surface area contributed by atoms with Gasteiger partial charge in [-0.2, -0.15) is 0 Å². The fraction of sp³-hybridized carbons (Fsp3) is 0.533. The molecule has 0 bridgehead atoms. The minimum Gasteiger partial charge on any atom is -0.493 e. The van der Waals surface area contributed by atoms with Crippen LogP contribution in [0.15, 0.2) is 18.3 Å². The summed E-state index contributed by atoms with van der Waals surface area (Å²) < 4.78 is 7.22. The monoisotopic (exact) mass is 261 g/mol. The molecule has 0 aliphatic carbocycles. The van der Waals surface area contributed by atoms with Crippen molar-refractivity contribution in [2.24, 2.45) is 0 Å². The van der Waals surface area contributed by atoms with Gasteiger partial charge in [0.1, 0.15) is 5.82 Å². The second kappa shape index (κ2) is 6.45. The summed E-state index contributed by atoms with van der Waals surface area (Å²) in [4.78, 5) is 4.61. The second-order valence-electron chi connectivity index (χ2n) is 4.88. The van der Waals surface area contributed by atoms with Gasteiger partial charge in [-0.1, -0.05) is 32.6 Å². The summed E-state index contributed by atoms with van der Waals surface area (Å²) in [5, 5.41) is 0. The Kier molecular flexibility index (Phi) is 4.66. The Morgan fingerprint density at radius 2 is 2.05 bits per heavy atom. The molecule has 0 radical (unpaired) electrons. The van der Waals surface area contributed by atoms with Gasteiger partial charge in [0, 0.05) is 6.20 Å². The molecule has 0 fully saturated rings. The first-order valence-electron chi connectivity index (χ1n) is 7.07. The smallest absolute Gasteiger partial charge is 0.181 e. The van der Waals surface area contributed by atoms with Crippen LogP contribution in [0.1, 0.15) is 44.7 Å². The van der Waals surface area contributed by atoms with Crippen LogP contribution in [0.4, 0.5) is 5.82 Å². The van der Waals surface area contributed by atoms with Crippen LogP contribution in [0.5, 0.6) is 5.75 Å². The van der Waals surface area contributed by atoms with E-state index in [0.29, 0.717) is 0 Å². The molecular formula is C15H23N3O. The van der Waals surface area contributed by atoms with E-state index >= 15 is 0 Å². The second-order valence-corrected chi connectivity index (χ2v) is 4.88. The normalized spacial score (nSPS) is 11.1. The topological polar surface area (TPSA) is 52.5 Å². The third-order valence-electron chi connectivity index (χ3n) is 3.46. The maximum absolute atomic E-state index is 6.15. The third kappa shape index (κ3) is 3.00. The van der Waals surface area contributed by atoms with Crippen LogP contribution in [0, 0.1) is 0 Å². The van der Waals surface area contributed by atoms with Gasteiger partial charge in [-0.15, -0.1) is 0 Å². The van der Waals surface area contributed by atoms with Crippen molar-refractivity contribution in [3.8, 4) is 5.75 Å². The van der Waals surface area contributed by atoms with E-state index < -0.39 is 0 Å². The Morgan fingerprint density at radius 3 is 2.79 bits per heavy atom. The molecule has 2 rings (SSSR count). The number of nitrogens with zero attached hydrogens (tertiary/aromatic N) is 2. The maximum atomic E-state index is 6.15. The van der Waals surface area contributed by atoms with E-state index in [0.717, 1.165) is 35.8 Å². The number of rotatable bonds is 7. The highest BCUT2D eigenvalue weighted by Crippen LogP contribution is 2.24. The number of unbranched alkanes of at least 4 members (excludes halogenated alkanes) is 4. The van der Waals surface area contributed by atoms with Gasteiger partial charge in [-0.05, 0) is 25.0 Å². The average molecular weight is 261 g/mol. The molecule has 0 amide bonds. The molecule has 0 aromatic carbocycles. The van der Waals surface area contributed by atoms with Gasteiger partial charge in [0.15, 0.2) is 11.4 Å². The number of imidazole rings is 1. The zero-order chi connectivity index (χ0) is 13.7. The molecule has 0 atom stereocenters. The fourth-order valence-corrected chi connectivity index (χ4v) is 2.35. The summed E-state index contributed by atoms with van der Waals surface area (Å²) in [5.74, 6) is 1.51. The third-order valence-corrected chi connectivity index (χ3v) is 3.46. The SMILES string of the molecule is CCCCCCCc1nc2c(OC)cccn2c1N. The Hall–Kier alpha value is -1.71. The van der Waals surface area contributed by atoms with Gasteiger partial charge in [-0.3, -0.25) is 4.40 Å². The molecule has 2 heterocycles. The van der Waals surface area contributed by atoms with E-state index in [1.165, 1.54) is 25.7 Å². The van der Waals surface area contributed by atoms with Crippen molar-refractivity contribution in [1.29, 1.82) is 0 Å². The van der Waals surface area contributed by atoms with Crippen molar-refractivity contribution in [3.05, 3.63) is 24.0 Å². The Labute approximate surface area is 114 Å². The van der Waals surface area contributed by atoms with Gasteiger partial charge < -0.3 is 10.5 Å². The van der Waals surface area contributed by atoms with Gasteiger partial charge in [0.05, 0.1) is 12.8 Å². The molecule has 19 heavy (non-hydrogen) atoms. The van der Waals surface area contributed by atoms with E-state index in [1.54, 1.807) is 7.11 Å². The zero-order valence-electron chi connectivity index (χ0n) is 11.9. The Morgan fingerprint density at radius 1 is 1.26 bits per heavy atom. The minimum atomic E-state index is 0.740. The predicted molar refractivity (Wildman–Crippen MR) is 78.6 cm³/mol. The van der Waals surface area contributed by atoms with Crippen molar-refractivity contribution in [2.75, 3.05) is 12.8 Å². The number of pyridine rings is 1. The number of ether oxygens (including phenoxy) is 1. The lowest BCUT2D eigenvalue weighted by Gasteiger charge is -2.01. The molecule has 2 aromatic rings. The predicted octanol–water partition coefficient (Wildman–Crippen LogP) is 3.44. The highest BCUT2D eigenvalue weighted by Gasteiger charge is 2.11. The van der Waals surface area contributed by atoms with E-state index in [4.69, 9.17) is 10.5 Å². The highest BCUT2D eigenvalue weighted by atomic mass is 16.5. The number of nitrogen functional groups attached to an aromatic ring is 1. The van der Waals surface area contributed by atoms with Crippen LogP contribution in [0.3, 0.4) is 0 Å². The molecule has 0 saturated heterocycles. The van der Waals surface area contributed by atoms with Gasteiger partial charge in [0.2, 0.25) is 0 Å². The first-order chi connectivity index (χ1) is 9.27. The standard InChI is InChI=1S/C15H23N3O/c1-3-4-5-6-7-9-12-14(16)18-11-8-10-13(19-2)15(18)17-12/h8,10-11H,3-7,9,16H2,1-2H3. The lowest BCUT2D eigenvalue weighted by atomic mass is 10.1. The fourth-order valence-electron chi connectivity index (χ4n) is 2.35. The molecule has 0 spiro atoms. The van der Waals surface area contributed by atoms with Crippen molar-refractivity contribution in [2.45, 2.75) is 45.4 Å². The quantitative estimate of drug-likeness (QED) is 0.777. The van der Waals surface area contributed by atoms with Gasteiger partial charge in [0.25, 0.3) is 0 Å². The molecule has 4 nitrogen and oxygen atoms in total. The molecule has 0 aliphatic rings. The highest BCUT2D eigenvalue weighted by molar-refractivity contribution is 5.61. The number of methoxy groups -OCH3 is 1. The number of aromatic nitrogens is 2. The lowest BCUT2D eigenvalue weighted by Crippen LogP contribution is -1.97. The number of hydrogen-bond acceptors (Lipinski definition) is 3. The van der Waals surface area contributed by atoms with Crippen LogP contribution in [0.25, 0.3) is 5.65 Å². The maximum Gasteiger partial charge on any atom is 0.181 e. The van der Waals surface area contributed by atoms with Crippen molar-refractivity contribution < 1.29 is 4.74 Å². The molecule has 0 unspecified atom stereocenters. The zero-order valence-corrected chi connectivity index (χ0v) is 11.9. The molecule has 0 aliphatic heterocycles. The van der Waals surface area contributed by atoms with Crippen molar-refractivity contribution >= 4 is 11.5 Å². The van der Waals surface area contributed by atoms with E-state index in [-0.39, 0.29) is 0 Å². The van der Waals surface area contributed by atoms with E-state index in [2.05, 4.69) is 11.9 Å². The van der Waals surface area contributed by atoms with Crippen LogP contribution in [0.2, 0.25) is 0 Å². The summed E-state index contributed by atoms with van der Waals surface area (Å²) in [5.41, 5.74) is 7.95. The number of anilines is 1. The summed E-state index contributed by atoms with van der Waals surface area (Å²) in [6, 6.07) is 3.84. The van der Waals surface area contributed by atoms with Crippen LogP contribution >= 0.6 is 0 Å². The largest absolute Gasteiger partial charge is 0.493 e. The molecule has 0 saturated carbocycles. The summed E-state index contributed by atoms with van der Waals surface area (Å²) in [7, 11) is 1.66. The minimum absolute atomic E-state index is 0.740. The van der Waals surface area contributed by atoms with E-state index in [9.17, 15) is 0 Å². The summed E-state index contributed by atoms with van der Waals surface area (Å²) in [6.45, 7) is 2.23. The summed E-state index contributed by atoms with van der Waals surface area (Å²) >= 11 is 0. The average Bonchev–Trinajstić information content (AvgIpc) is 2.76. The number of fused-ring (bicyclic) bond motifs is 1. The first-order valence-corrected chi connectivity index (χ1v) is 7.07. The number of nitrogens with two attached hydrogens (primary N) is 1. The first kappa shape index (κ1) is 13.7. The van der Waals surface area contributed by atoms with Crippen molar-refractivity contribution in [1.82, 2.24) is 9.38 Å². The Bertz CT molecular complexity index is 533. The molecule has 104 valence electrons. The molecule has 4 heteroatoms. The van der Waals surface area contributed by atoms with Gasteiger partial charge in [-0.25, -0.2) is 4.98 Å². The molecular weight excluding hydrogens is 238 g/mol. The number of hydrogen-bond donors (Lipinski definition) is 1. The molecule has 2 aromatic heterocycles. The van der Waals surface area contributed by atoms with Crippen LogP contribution in [-0.2, 0) is 6.42 Å². The van der Waals surface area contributed by atoms with Crippen molar-refractivity contribution in [3.63, 3.8) is 0 Å². The van der Waals surface area contributed by atoms with Gasteiger partial charge >= 0.3 is 0 Å². The van der Waals surface area contributed by atoms with E-state index in [1.807, 2.05) is 22.7 Å². The van der Waals surface area contributed by atoms with Crippen LogP contribution in [-0.4, -0.2) is 16.5 Å².